The second kappa shape index (κ2) is 9.64. The summed E-state index contributed by atoms with van der Waals surface area (Å²) in [5, 5.41) is 0. The summed E-state index contributed by atoms with van der Waals surface area (Å²) in [5.41, 5.74) is 3.67. The lowest BCUT2D eigenvalue weighted by molar-refractivity contribution is 0.0710. The van der Waals surface area contributed by atoms with Crippen LogP contribution >= 0.6 is 0 Å². The normalized spacial score (nSPS) is 17.8. The fourth-order valence-electron chi connectivity index (χ4n) is 3.70. The molecule has 4 rings (SSSR count). The van der Waals surface area contributed by atoms with E-state index in [-0.39, 0.29) is 11.0 Å². The molecule has 31 heavy (non-hydrogen) atoms. The van der Waals surface area contributed by atoms with Crippen molar-refractivity contribution in [3.8, 4) is 16.9 Å². The van der Waals surface area contributed by atoms with Crippen molar-refractivity contribution in [1.29, 1.82) is 0 Å². The minimum atomic E-state index is -3.21. The van der Waals surface area contributed by atoms with Gasteiger partial charge in [0.15, 0.2) is 9.84 Å². The molecule has 162 valence electrons. The van der Waals surface area contributed by atoms with Crippen LogP contribution in [0.3, 0.4) is 0 Å². The van der Waals surface area contributed by atoms with Crippen molar-refractivity contribution in [2.45, 2.75) is 17.5 Å². The molecule has 1 saturated heterocycles. The monoisotopic (exact) mass is 437 g/mol. The number of sulfone groups is 1. The zero-order chi connectivity index (χ0) is 21.7. The number of nitrogens with zero attached hydrogens (tertiary/aromatic N) is 1. The highest BCUT2D eigenvalue weighted by atomic mass is 32.2. The van der Waals surface area contributed by atoms with E-state index >= 15 is 0 Å². The fraction of sp³-hybridized carbons (Fsp3) is 0.280. The van der Waals surface area contributed by atoms with Crippen LogP contribution in [-0.2, 0) is 21.1 Å². The van der Waals surface area contributed by atoms with Gasteiger partial charge in [0.05, 0.1) is 18.1 Å². The molecule has 0 aromatic heterocycles. The first-order chi connectivity index (χ1) is 15.0. The topological polar surface area (TPSA) is 55.8 Å². The van der Waals surface area contributed by atoms with Gasteiger partial charge in [-0.05, 0) is 41.0 Å². The zero-order valence-corrected chi connectivity index (χ0v) is 18.4. The van der Waals surface area contributed by atoms with Crippen molar-refractivity contribution in [2.24, 2.45) is 0 Å². The molecule has 0 aliphatic carbocycles. The molecule has 1 heterocycles. The van der Waals surface area contributed by atoms with Gasteiger partial charge >= 0.3 is 0 Å². The van der Waals surface area contributed by atoms with Crippen LogP contribution < -0.4 is 4.74 Å². The SMILES string of the molecule is CS(=O)(=O)c1ccc(OC2COCCN(Cc3ccc(-c4ccccc4)cc3)C2)cc1. The van der Waals surface area contributed by atoms with Gasteiger partial charge in [0, 0.05) is 25.9 Å². The maximum absolute atomic E-state index is 11.6. The van der Waals surface area contributed by atoms with Crippen LogP contribution in [0.5, 0.6) is 5.75 Å². The maximum atomic E-state index is 11.6. The summed E-state index contributed by atoms with van der Waals surface area (Å²) >= 11 is 0. The van der Waals surface area contributed by atoms with E-state index in [2.05, 4.69) is 53.4 Å². The summed E-state index contributed by atoms with van der Waals surface area (Å²) in [5.74, 6) is 0.648. The molecule has 3 aromatic rings. The van der Waals surface area contributed by atoms with E-state index in [1.165, 1.54) is 22.9 Å². The molecule has 1 fully saturated rings. The van der Waals surface area contributed by atoms with Crippen LogP contribution in [0.4, 0.5) is 0 Å². The first-order valence-corrected chi connectivity index (χ1v) is 12.3. The van der Waals surface area contributed by atoms with Crippen molar-refractivity contribution in [1.82, 2.24) is 4.90 Å². The van der Waals surface area contributed by atoms with Gasteiger partial charge in [-0.3, -0.25) is 4.90 Å². The van der Waals surface area contributed by atoms with Gasteiger partial charge in [-0.2, -0.15) is 0 Å². The molecular formula is C25H27NO4S. The number of hydrogen-bond acceptors (Lipinski definition) is 5. The van der Waals surface area contributed by atoms with Gasteiger partial charge in [0.1, 0.15) is 11.9 Å². The quantitative estimate of drug-likeness (QED) is 0.583. The highest BCUT2D eigenvalue weighted by Gasteiger charge is 2.20. The Kier molecular flexibility index (Phi) is 6.70. The summed E-state index contributed by atoms with van der Waals surface area (Å²) < 4.78 is 35.1. The number of ether oxygens (including phenoxy) is 2. The molecule has 0 radical (unpaired) electrons. The van der Waals surface area contributed by atoms with Gasteiger partial charge < -0.3 is 9.47 Å². The van der Waals surface area contributed by atoms with Crippen molar-refractivity contribution < 1.29 is 17.9 Å². The largest absolute Gasteiger partial charge is 0.487 e. The fourth-order valence-corrected chi connectivity index (χ4v) is 4.34. The Labute approximate surface area is 184 Å². The zero-order valence-electron chi connectivity index (χ0n) is 17.6. The molecule has 3 aromatic carbocycles. The third-order valence-corrected chi connectivity index (χ3v) is 6.47. The molecule has 1 aliphatic heterocycles. The summed E-state index contributed by atoms with van der Waals surface area (Å²) in [6, 6.07) is 25.6. The predicted molar refractivity (Wildman–Crippen MR) is 122 cm³/mol. The third kappa shape index (κ3) is 5.94. The molecule has 0 saturated carbocycles. The molecule has 1 unspecified atom stereocenters. The molecule has 0 spiro atoms. The Bertz CT molecular complexity index is 1080. The number of benzene rings is 3. The molecular weight excluding hydrogens is 410 g/mol. The number of rotatable bonds is 6. The summed E-state index contributed by atoms with van der Waals surface area (Å²) in [7, 11) is -3.21. The maximum Gasteiger partial charge on any atom is 0.175 e. The highest BCUT2D eigenvalue weighted by molar-refractivity contribution is 7.90. The van der Waals surface area contributed by atoms with Crippen molar-refractivity contribution in [3.63, 3.8) is 0 Å². The van der Waals surface area contributed by atoms with Crippen molar-refractivity contribution in [3.05, 3.63) is 84.4 Å². The van der Waals surface area contributed by atoms with Crippen molar-refractivity contribution in [2.75, 3.05) is 32.6 Å². The van der Waals surface area contributed by atoms with Gasteiger partial charge in [-0.1, -0.05) is 54.6 Å². The van der Waals surface area contributed by atoms with E-state index in [0.29, 0.717) is 19.0 Å². The van der Waals surface area contributed by atoms with Crippen LogP contribution in [-0.4, -0.2) is 52.0 Å². The standard InChI is InChI=1S/C25H27NO4S/c1-31(27,28)25-13-11-23(12-14-25)30-24-18-26(15-16-29-19-24)17-20-7-9-22(10-8-20)21-5-3-2-4-6-21/h2-14,24H,15-19H2,1H3. The summed E-state index contributed by atoms with van der Waals surface area (Å²) in [6.45, 7) is 3.58. The van der Waals surface area contributed by atoms with Crippen LogP contribution in [0, 0.1) is 0 Å². The van der Waals surface area contributed by atoms with Gasteiger partial charge in [0.25, 0.3) is 0 Å². The predicted octanol–water partition coefficient (Wildman–Crippen LogP) is 4.04. The van der Waals surface area contributed by atoms with E-state index in [1.54, 1.807) is 24.3 Å². The Morgan fingerprint density at radius 2 is 1.61 bits per heavy atom. The lowest BCUT2D eigenvalue weighted by Gasteiger charge is -2.24. The van der Waals surface area contributed by atoms with Crippen LogP contribution in [0.25, 0.3) is 11.1 Å². The number of hydrogen-bond donors (Lipinski definition) is 0. The lowest BCUT2D eigenvalue weighted by Crippen LogP contribution is -2.35. The second-order valence-electron chi connectivity index (χ2n) is 7.86. The summed E-state index contributed by atoms with van der Waals surface area (Å²) in [4.78, 5) is 2.62. The van der Waals surface area contributed by atoms with E-state index in [0.717, 1.165) is 19.6 Å². The van der Waals surface area contributed by atoms with Gasteiger partial charge in [0.2, 0.25) is 0 Å². The van der Waals surface area contributed by atoms with E-state index in [1.807, 2.05) is 6.07 Å². The van der Waals surface area contributed by atoms with E-state index < -0.39 is 9.84 Å². The van der Waals surface area contributed by atoms with Gasteiger partial charge in [-0.15, -0.1) is 0 Å². The first-order valence-electron chi connectivity index (χ1n) is 10.4. The second-order valence-corrected chi connectivity index (χ2v) is 9.87. The Morgan fingerprint density at radius 1 is 0.935 bits per heavy atom. The molecule has 0 amide bonds. The Hall–Kier alpha value is -2.67. The van der Waals surface area contributed by atoms with E-state index in [4.69, 9.17) is 9.47 Å². The van der Waals surface area contributed by atoms with Gasteiger partial charge in [-0.25, -0.2) is 8.42 Å². The molecule has 1 aliphatic rings. The molecule has 6 heteroatoms. The first kappa shape index (κ1) is 21.6. The minimum absolute atomic E-state index is 0.116. The molecule has 5 nitrogen and oxygen atoms in total. The highest BCUT2D eigenvalue weighted by Crippen LogP contribution is 2.21. The van der Waals surface area contributed by atoms with Crippen LogP contribution in [0.2, 0.25) is 0 Å². The average molecular weight is 438 g/mol. The Morgan fingerprint density at radius 3 is 2.29 bits per heavy atom. The Balaban J connectivity index is 1.38. The minimum Gasteiger partial charge on any atom is -0.487 e. The molecule has 0 N–H and O–H groups in total. The molecule has 0 bridgehead atoms. The van der Waals surface area contributed by atoms with Crippen molar-refractivity contribution >= 4 is 9.84 Å². The third-order valence-electron chi connectivity index (χ3n) is 5.34. The van der Waals surface area contributed by atoms with Crippen LogP contribution in [0.1, 0.15) is 5.56 Å². The smallest absolute Gasteiger partial charge is 0.175 e. The lowest BCUT2D eigenvalue weighted by atomic mass is 10.0. The molecule has 1 atom stereocenters. The summed E-state index contributed by atoms with van der Waals surface area (Å²) in [6.07, 6.45) is 1.09. The average Bonchev–Trinajstić information content (AvgIpc) is 2.99. The van der Waals surface area contributed by atoms with Crippen LogP contribution in [0.15, 0.2) is 83.8 Å². The van der Waals surface area contributed by atoms with E-state index in [9.17, 15) is 8.42 Å².